The van der Waals surface area contributed by atoms with Crippen molar-refractivity contribution >= 4 is 23.2 Å². The smallest absolute Gasteiger partial charge is 0.411 e. The largest absolute Gasteiger partial charge is 0.444 e. The number of benzene rings is 2. The Hall–Kier alpha value is -4.78. The van der Waals surface area contributed by atoms with Crippen molar-refractivity contribution in [2.24, 2.45) is 11.8 Å². The first kappa shape index (κ1) is 32.4. The number of hydrogen-bond donors (Lipinski definition) is 2. The average molecular weight is 675 g/mol. The first-order valence-corrected chi connectivity index (χ1v) is 18.0. The van der Waals surface area contributed by atoms with E-state index in [0.717, 1.165) is 83.6 Å². The monoisotopic (exact) mass is 674 g/mol. The molecule has 2 aliphatic carbocycles. The van der Waals surface area contributed by atoms with E-state index < -0.39 is 11.2 Å². The number of carbonyl (C=O) groups excluding carboxylic acids is 2. The third kappa shape index (κ3) is 6.12. The van der Waals surface area contributed by atoms with Crippen molar-refractivity contribution in [3.63, 3.8) is 0 Å². The summed E-state index contributed by atoms with van der Waals surface area (Å²) < 4.78 is 11.6. The van der Waals surface area contributed by atoms with Crippen LogP contribution in [0, 0.1) is 23.7 Å². The molecule has 2 N–H and O–H groups in total. The second kappa shape index (κ2) is 11.9. The molecule has 2 saturated heterocycles. The van der Waals surface area contributed by atoms with Crippen molar-refractivity contribution in [3.05, 3.63) is 71.4 Å². The predicted octanol–water partition coefficient (Wildman–Crippen LogP) is 8.27. The van der Waals surface area contributed by atoms with Crippen LogP contribution in [-0.4, -0.2) is 65.2 Å². The Morgan fingerprint density at radius 3 is 1.90 bits per heavy atom. The average Bonchev–Trinajstić information content (AvgIpc) is 3.90. The van der Waals surface area contributed by atoms with E-state index in [1.807, 2.05) is 100 Å². The van der Waals surface area contributed by atoms with Crippen LogP contribution >= 0.6 is 0 Å². The standard InChI is InChI=1S/C40H46N6O4/c1-39(2,3)49-37(47)45-28-16-14-26(20-28)33(45)35-41-22-32(44-35)25-12-9-23(10-13-25)7-8-24-11-18-30-31(19-24)43-36(42-30)34-27-15-17-29(21-27)46(34)38(48)50-40(4,5)6/h9-13,18-19,22,26-29,33-34H,14-17,20-21H2,1-6H3,(H,41,44)(H,42,43)/t26-,27-,28+,29+,33+,34+/m1/s1. The number of aromatic nitrogens is 4. The van der Waals surface area contributed by atoms with E-state index in [1.165, 1.54) is 0 Å². The Labute approximate surface area is 293 Å². The normalized spacial score (nSPS) is 25.6. The maximum atomic E-state index is 13.2. The van der Waals surface area contributed by atoms with E-state index in [2.05, 4.69) is 21.8 Å². The van der Waals surface area contributed by atoms with E-state index in [-0.39, 0.29) is 36.4 Å². The van der Waals surface area contributed by atoms with Crippen LogP contribution in [0.15, 0.2) is 48.7 Å². The third-order valence-corrected chi connectivity index (χ3v) is 10.6. The molecule has 6 atom stereocenters. The molecule has 4 heterocycles. The fraction of sp³-hybridized carbons (Fsp3) is 0.500. The van der Waals surface area contributed by atoms with Gasteiger partial charge < -0.3 is 19.4 Å². The maximum Gasteiger partial charge on any atom is 0.411 e. The second-order valence-corrected chi connectivity index (χ2v) is 16.5. The molecule has 4 aromatic rings. The quantitative estimate of drug-likeness (QED) is 0.211. The molecule has 0 radical (unpaired) electrons. The van der Waals surface area contributed by atoms with Crippen LogP contribution in [0.5, 0.6) is 0 Å². The predicted molar refractivity (Wildman–Crippen MR) is 190 cm³/mol. The molecule has 4 aliphatic rings. The minimum atomic E-state index is -0.546. The number of piperidine rings is 2. The molecule has 2 aliphatic heterocycles. The van der Waals surface area contributed by atoms with E-state index >= 15 is 0 Å². The van der Waals surface area contributed by atoms with Gasteiger partial charge in [0.05, 0.1) is 35.0 Å². The topological polar surface area (TPSA) is 116 Å². The van der Waals surface area contributed by atoms with Crippen molar-refractivity contribution in [2.45, 2.75) is 115 Å². The van der Waals surface area contributed by atoms with Crippen LogP contribution in [0.4, 0.5) is 9.59 Å². The van der Waals surface area contributed by atoms with Crippen LogP contribution in [0.3, 0.4) is 0 Å². The fourth-order valence-corrected chi connectivity index (χ4v) is 8.59. The van der Waals surface area contributed by atoms with Crippen LogP contribution in [0.25, 0.3) is 22.3 Å². The number of imidazole rings is 2. The lowest BCUT2D eigenvalue weighted by molar-refractivity contribution is 0.00524. The molecule has 4 bridgehead atoms. The van der Waals surface area contributed by atoms with Crippen molar-refractivity contribution in [2.75, 3.05) is 0 Å². The van der Waals surface area contributed by atoms with Crippen LogP contribution < -0.4 is 0 Å². The summed E-state index contributed by atoms with van der Waals surface area (Å²) in [4.78, 5) is 46.9. The van der Waals surface area contributed by atoms with E-state index in [9.17, 15) is 9.59 Å². The minimum absolute atomic E-state index is 0.0945. The summed E-state index contributed by atoms with van der Waals surface area (Å²) in [5.41, 5.74) is 4.38. The van der Waals surface area contributed by atoms with Crippen molar-refractivity contribution in [1.29, 1.82) is 0 Å². The van der Waals surface area contributed by atoms with Crippen molar-refractivity contribution in [1.82, 2.24) is 29.7 Å². The zero-order chi connectivity index (χ0) is 34.9. The summed E-state index contributed by atoms with van der Waals surface area (Å²) in [6.45, 7) is 11.4. The number of nitrogens with zero attached hydrogens (tertiary/aromatic N) is 4. The molecule has 2 aromatic heterocycles. The fourth-order valence-electron chi connectivity index (χ4n) is 8.59. The highest BCUT2D eigenvalue weighted by Gasteiger charge is 2.52. The molecular weight excluding hydrogens is 628 g/mol. The Morgan fingerprint density at radius 2 is 1.30 bits per heavy atom. The number of carbonyl (C=O) groups is 2. The highest BCUT2D eigenvalue weighted by Crippen LogP contribution is 2.51. The first-order chi connectivity index (χ1) is 23.8. The number of aromatic amines is 2. The van der Waals surface area contributed by atoms with Gasteiger partial charge in [-0.2, -0.15) is 0 Å². The number of ether oxygens (including phenoxy) is 2. The molecule has 50 heavy (non-hydrogen) atoms. The van der Waals surface area contributed by atoms with Gasteiger partial charge in [-0.25, -0.2) is 19.6 Å². The van der Waals surface area contributed by atoms with Gasteiger partial charge >= 0.3 is 12.2 Å². The Bertz CT molecular complexity index is 2000. The van der Waals surface area contributed by atoms with Crippen LogP contribution in [-0.2, 0) is 9.47 Å². The van der Waals surface area contributed by atoms with Gasteiger partial charge in [0, 0.05) is 23.2 Å². The lowest BCUT2D eigenvalue weighted by Gasteiger charge is -2.35. The summed E-state index contributed by atoms with van der Waals surface area (Å²) >= 11 is 0. The summed E-state index contributed by atoms with van der Waals surface area (Å²) in [5, 5.41) is 0. The molecule has 10 heteroatoms. The first-order valence-electron chi connectivity index (χ1n) is 18.0. The summed E-state index contributed by atoms with van der Waals surface area (Å²) in [7, 11) is 0. The molecule has 2 saturated carbocycles. The molecular formula is C40H46N6O4. The Balaban J connectivity index is 0.967. The summed E-state index contributed by atoms with van der Waals surface area (Å²) in [6.07, 6.45) is 7.55. The number of hydrogen-bond acceptors (Lipinski definition) is 6. The van der Waals surface area contributed by atoms with Gasteiger partial charge in [-0.3, -0.25) is 9.80 Å². The highest BCUT2D eigenvalue weighted by atomic mass is 16.6. The van der Waals surface area contributed by atoms with Gasteiger partial charge in [-0.05, 0) is 128 Å². The lowest BCUT2D eigenvalue weighted by Crippen LogP contribution is -2.43. The van der Waals surface area contributed by atoms with E-state index in [4.69, 9.17) is 19.4 Å². The zero-order valence-corrected chi connectivity index (χ0v) is 29.7. The van der Waals surface area contributed by atoms with Gasteiger partial charge in [-0.1, -0.05) is 24.0 Å². The van der Waals surface area contributed by atoms with Crippen LogP contribution in [0.1, 0.15) is 115 Å². The lowest BCUT2D eigenvalue weighted by atomic mass is 9.98. The number of nitrogens with one attached hydrogen (secondary N) is 2. The van der Waals surface area contributed by atoms with Gasteiger partial charge in [-0.15, -0.1) is 0 Å². The van der Waals surface area contributed by atoms with Crippen molar-refractivity contribution < 1.29 is 19.1 Å². The maximum absolute atomic E-state index is 13.2. The SMILES string of the molecule is CC(C)(C)OC(=O)N1[C@H]2CC[C@H](C2)[C@H]1c1ncc(-c2ccc(C#Cc3ccc4nc([C@@H]5[C@@H]6CC[C@@H](C6)N5C(=O)OC(C)(C)C)[nH]c4c3)cc2)[nH]1. The molecule has 4 fully saturated rings. The van der Waals surface area contributed by atoms with Crippen molar-refractivity contribution in [3.8, 4) is 23.1 Å². The number of H-pyrrole nitrogens is 2. The third-order valence-electron chi connectivity index (χ3n) is 10.6. The molecule has 2 aromatic carbocycles. The number of fused-ring (bicyclic) bond motifs is 5. The number of rotatable bonds is 3. The molecule has 0 unspecified atom stereocenters. The Morgan fingerprint density at radius 1 is 0.740 bits per heavy atom. The summed E-state index contributed by atoms with van der Waals surface area (Å²) in [5.74, 6) is 9.01. The molecule has 2 amide bonds. The minimum Gasteiger partial charge on any atom is -0.444 e. The van der Waals surface area contributed by atoms with Crippen LogP contribution in [0.2, 0.25) is 0 Å². The Kier molecular flexibility index (Phi) is 7.73. The summed E-state index contributed by atoms with van der Waals surface area (Å²) in [6, 6.07) is 14.3. The molecule has 10 nitrogen and oxygen atoms in total. The van der Waals surface area contributed by atoms with Gasteiger partial charge in [0.2, 0.25) is 0 Å². The number of amides is 2. The highest BCUT2D eigenvalue weighted by molar-refractivity contribution is 5.78. The molecule has 8 rings (SSSR count). The zero-order valence-electron chi connectivity index (χ0n) is 29.7. The second-order valence-electron chi connectivity index (χ2n) is 16.5. The number of likely N-dealkylation sites (tertiary alicyclic amines) is 2. The van der Waals surface area contributed by atoms with Gasteiger partial charge in [0.25, 0.3) is 0 Å². The molecule has 0 spiro atoms. The van der Waals surface area contributed by atoms with Gasteiger partial charge in [0.1, 0.15) is 22.9 Å². The van der Waals surface area contributed by atoms with E-state index in [1.54, 1.807) is 0 Å². The molecule has 260 valence electrons. The van der Waals surface area contributed by atoms with Gasteiger partial charge in [0.15, 0.2) is 0 Å². The van der Waals surface area contributed by atoms with E-state index in [0.29, 0.717) is 11.8 Å².